The van der Waals surface area contributed by atoms with E-state index in [1.807, 2.05) is 5.38 Å². The zero-order valence-corrected chi connectivity index (χ0v) is 15.9. The Hall–Kier alpha value is -1.73. The number of thiazole rings is 1. The van der Waals surface area contributed by atoms with Crippen molar-refractivity contribution in [3.8, 4) is 0 Å². The Morgan fingerprint density at radius 2 is 2.28 bits per heavy atom. The second-order valence-electron chi connectivity index (χ2n) is 7.74. The number of piperidine rings is 1. The summed E-state index contributed by atoms with van der Waals surface area (Å²) < 4.78 is 5.50. The number of hydrogen-bond donors (Lipinski definition) is 2. The van der Waals surface area contributed by atoms with E-state index in [-0.39, 0.29) is 11.3 Å². The highest BCUT2D eigenvalue weighted by Crippen LogP contribution is 2.29. The number of nitrogens with zero attached hydrogens (tertiary/aromatic N) is 2. The summed E-state index contributed by atoms with van der Waals surface area (Å²) in [6.45, 7) is 8.21. The third-order valence-corrected chi connectivity index (χ3v) is 5.35. The lowest BCUT2D eigenvalue weighted by Gasteiger charge is -2.31. The molecule has 0 spiro atoms. The average molecular weight is 362 g/mol. The smallest absolute Gasteiger partial charge is 0.226 e. The molecule has 2 aromatic heterocycles. The molecule has 136 valence electrons. The Bertz CT molecular complexity index is 690. The summed E-state index contributed by atoms with van der Waals surface area (Å²) in [4.78, 5) is 16.4. The van der Waals surface area contributed by atoms with E-state index in [0.717, 1.165) is 37.4 Å². The number of hydrogen-bond acceptors (Lipinski definition) is 6. The fourth-order valence-electron chi connectivity index (χ4n) is 3.21. The summed E-state index contributed by atoms with van der Waals surface area (Å²) >= 11 is 1.44. The molecular formula is C18H26N4O2S. The molecule has 0 bridgehead atoms. The quantitative estimate of drug-likeness (QED) is 0.854. The predicted molar refractivity (Wildman–Crippen MR) is 98.7 cm³/mol. The molecule has 0 unspecified atom stereocenters. The van der Waals surface area contributed by atoms with Crippen molar-refractivity contribution in [3.05, 3.63) is 29.1 Å². The maximum atomic E-state index is 12.3. The fraction of sp³-hybridized carbons (Fsp3) is 0.611. The van der Waals surface area contributed by atoms with Crippen LogP contribution < -0.4 is 10.6 Å². The largest absolute Gasteiger partial charge is 0.361 e. The lowest BCUT2D eigenvalue weighted by atomic mass is 9.81. The Labute approximate surface area is 152 Å². The summed E-state index contributed by atoms with van der Waals surface area (Å²) in [7, 11) is 0. The maximum absolute atomic E-state index is 12.3. The molecule has 6 nitrogen and oxygen atoms in total. The van der Waals surface area contributed by atoms with Gasteiger partial charge in [0.2, 0.25) is 5.91 Å². The monoisotopic (exact) mass is 362 g/mol. The van der Waals surface area contributed by atoms with Crippen LogP contribution in [0.25, 0.3) is 0 Å². The molecular weight excluding hydrogens is 336 g/mol. The molecule has 2 atom stereocenters. The van der Waals surface area contributed by atoms with Crippen molar-refractivity contribution in [1.29, 1.82) is 0 Å². The predicted octanol–water partition coefficient (Wildman–Crippen LogP) is 3.23. The van der Waals surface area contributed by atoms with Crippen molar-refractivity contribution < 1.29 is 9.32 Å². The van der Waals surface area contributed by atoms with Gasteiger partial charge in [-0.2, -0.15) is 0 Å². The number of nitrogens with one attached hydrogen (secondary N) is 2. The van der Waals surface area contributed by atoms with E-state index >= 15 is 0 Å². The van der Waals surface area contributed by atoms with Gasteiger partial charge in [-0.15, -0.1) is 11.3 Å². The zero-order valence-electron chi connectivity index (χ0n) is 15.0. The second-order valence-corrected chi connectivity index (χ2v) is 8.63. The summed E-state index contributed by atoms with van der Waals surface area (Å²) in [6.07, 6.45) is 4.06. The highest BCUT2D eigenvalue weighted by atomic mass is 32.1. The van der Waals surface area contributed by atoms with Gasteiger partial charge in [-0.25, -0.2) is 4.98 Å². The molecule has 0 radical (unpaired) electrons. The van der Waals surface area contributed by atoms with E-state index in [0.29, 0.717) is 23.4 Å². The highest BCUT2D eigenvalue weighted by molar-refractivity contribution is 7.13. The zero-order chi connectivity index (χ0) is 17.9. The Morgan fingerprint density at radius 1 is 1.44 bits per heavy atom. The van der Waals surface area contributed by atoms with Crippen molar-refractivity contribution >= 4 is 22.4 Å². The number of carbonyl (C=O) groups excluding carboxylic acids is 1. The minimum absolute atomic E-state index is 0.0386. The SMILES string of the molecule is CC(C)(C)c1cc(C[C@H]2CNCC[C@H]2CC(=O)Nc2nccs2)no1. The van der Waals surface area contributed by atoms with Gasteiger partial charge in [-0.05, 0) is 37.8 Å². The number of aromatic nitrogens is 2. The van der Waals surface area contributed by atoms with Crippen LogP contribution in [0.4, 0.5) is 5.13 Å². The molecule has 1 aliphatic heterocycles. The first-order valence-electron chi connectivity index (χ1n) is 8.78. The molecule has 0 aromatic carbocycles. The third-order valence-electron chi connectivity index (χ3n) is 4.66. The van der Waals surface area contributed by atoms with E-state index < -0.39 is 0 Å². The molecule has 3 heterocycles. The van der Waals surface area contributed by atoms with E-state index in [1.54, 1.807) is 6.20 Å². The van der Waals surface area contributed by atoms with Crippen LogP contribution in [0.5, 0.6) is 0 Å². The van der Waals surface area contributed by atoms with Gasteiger partial charge in [0, 0.05) is 29.5 Å². The van der Waals surface area contributed by atoms with E-state index in [2.05, 4.69) is 47.6 Å². The van der Waals surface area contributed by atoms with E-state index in [4.69, 9.17) is 4.52 Å². The number of anilines is 1. The van der Waals surface area contributed by atoms with Gasteiger partial charge in [-0.3, -0.25) is 4.79 Å². The summed E-state index contributed by atoms with van der Waals surface area (Å²) in [5.74, 6) is 1.68. The van der Waals surface area contributed by atoms with Gasteiger partial charge in [0.25, 0.3) is 0 Å². The molecule has 25 heavy (non-hydrogen) atoms. The molecule has 1 fully saturated rings. The molecule has 2 aromatic rings. The Kier molecular flexibility index (Phi) is 5.54. The van der Waals surface area contributed by atoms with Crippen LogP contribution in [0, 0.1) is 11.8 Å². The summed E-state index contributed by atoms with van der Waals surface area (Å²) in [5, 5.41) is 13.1. The normalized spacial score (nSPS) is 21.2. The van der Waals surface area contributed by atoms with Gasteiger partial charge in [0.15, 0.2) is 5.13 Å². The molecule has 2 N–H and O–H groups in total. The van der Waals surface area contributed by atoms with Gasteiger partial charge in [0.05, 0.1) is 5.69 Å². The number of amides is 1. The van der Waals surface area contributed by atoms with Gasteiger partial charge >= 0.3 is 0 Å². The van der Waals surface area contributed by atoms with Crippen LogP contribution in [0.3, 0.4) is 0 Å². The van der Waals surface area contributed by atoms with Crippen LogP contribution in [-0.2, 0) is 16.6 Å². The van der Waals surface area contributed by atoms with E-state index in [9.17, 15) is 4.79 Å². The summed E-state index contributed by atoms with van der Waals surface area (Å²) in [6, 6.07) is 2.06. The van der Waals surface area contributed by atoms with Crippen molar-refractivity contribution in [3.63, 3.8) is 0 Å². The number of rotatable bonds is 5. The molecule has 3 rings (SSSR count). The van der Waals surface area contributed by atoms with Crippen LogP contribution >= 0.6 is 11.3 Å². The van der Waals surface area contributed by atoms with Gasteiger partial charge < -0.3 is 15.2 Å². The summed E-state index contributed by atoms with van der Waals surface area (Å²) in [5.41, 5.74) is 0.937. The van der Waals surface area contributed by atoms with Gasteiger partial charge in [0.1, 0.15) is 5.76 Å². The first-order chi connectivity index (χ1) is 11.9. The minimum atomic E-state index is -0.0386. The first kappa shape index (κ1) is 18.1. The number of carbonyl (C=O) groups is 1. The lowest BCUT2D eigenvalue weighted by Crippen LogP contribution is -2.39. The van der Waals surface area contributed by atoms with Crippen molar-refractivity contribution in [1.82, 2.24) is 15.5 Å². The third kappa shape index (κ3) is 4.89. The van der Waals surface area contributed by atoms with Crippen LogP contribution in [-0.4, -0.2) is 29.1 Å². The van der Waals surface area contributed by atoms with Crippen LogP contribution in [0.2, 0.25) is 0 Å². The molecule has 1 aliphatic rings. The second kappa shape index (κ2) is 7.66. The molecule has 1 amide bonds. The fourth-order valence-corrected chi connectivity index (χ4v) is 3.75. The van der Waals surface area contributed by atoms with Gasteiger partial charge in [-0.1, -0.05) is 25.9 Å². The Morgan fingerprint density at radius 3 is 2.96 bits per heavy atom. The molecule has 0 saturated carbocycles. The standard InChI is InChI=1S/C18H26N4O2S/c1-18(2,3)15-10-14(22-24-15)8-13-11-19-5-4-12(13)9-16(23)21-17-20-6-7-25-17/h6-7,10,12-13,19H,4-5,8-9,11H2,1-3H3,(H,20,21,23)/t12-,13-/m0/s1. The topological polar surface area (TPSA) is 80.0 Å². The Balaban J connectivity index is 1.60. The molecule has 7 heteroatoms. The van der Waals surface area contributed by atoms with Crippen LogP contribution in [0.1, 0.15) is 45.1 Å². The van der Waals surface area contributed by atoms with Crippen LogP contribution in [0.15, 0.2) is 22.2 Å². The molecule has 0 aliphatic carbocycles. The van der Waals surface area contributed by atoms with Crippen molar-refractivity contribution in [2.45, 2.75) is 45.4 Å². The lowest BCUT2D eigenvalue weighted by molar-refractivity contribution is -0.117. The highest BCUT2D eigenvalue weighted by Gasteiger charge is 2.29. The van der Waals surface area contributed by atoms with E-state index in [1.165, 1.54) is 11.3 Å². The van der Waals surface area contributed by atoms with Crippen molar-refractivity contribution in [2.24, 2.45) is 11.8 Å². The van der Waals surface area contributed by atoms with Crippen molar-refractivity contribution in [2.75, 3.05) is 18.4 Å². The average Bonchev–Trinajstić information content (AvgIpc) is 3.20. The first-order valence-corrected chi connectivity index (χ1v) is 9.66. The minimum Gasteiger partial charge on any atom is -0.361 e. The molecule has 1 saturated heterocycles. The maximum Gasteiger partial charge on any atom is 0.226 e.